The second kappa shape index (κ2) is 37.0. The van der Waals surface area contributed by atoms with Crippen LogP contribution in [0.3, 0.4) is 0 Å². The average Bonchev–Trinajstić information content (AvgIpc) is 3.37. The molecule has 2 aliphatic heterocycles. The lowest BCUT2D eigenvalue weighted by Crippen LogP contribution is -2.49. The van der Waals surface area contributed by atoms with E-state index in [0.717, 1.165) is 55.6 Å². The Kier molecular flexibility index (Phi) is 31.8. The zero-order valence-electron chi connectivity index (χ0n) is 43.6. The van der Waals surface area contributed by atoms with Gasteiger partial charge in [-0.1, -0.05) is 136 Å². The molecular formula is C54H79N3O17P2. The maximum atomic E-state index is 13.8. The summed E-state index contributed by atoms with van der Waals surface area (Å²) in [7, 11) is -11.3. The Labute approximate surface area is 446 Å². The van der Waals surface area contributed by atoms with Gasteiger partial charge >= 0.3 is 33.3 Å². The molecule has 0 radical (unpaired) electrons. The van der Waals surface area contributed by atoms with Crippen LogP contribution < -0.4 is 11.4 Å². The van der Waals surface area contributed by atoms with E-state index in [1.165, 1.54) is 30.5 Å². The molecule has 1 aromatic heterocycles. The molecule has 3 rings (SSSR count). The molecule has 0 saturated heterocycles. The number of nitrogen functional groups attached to an aromatic ring is 1. The van der Waals surface area contributed by atoms with Gasteiger partial charge < -0.3 is 45.1 Å². The number of ketones is 1. The summed E-state index contributed by atoms with van der Waals surface area (Å²) < 4.78 is 58.9. The van der Waals surface area contributed by atoms with Crippen molar-refractivity contribution in [2.75, 3.05) is 25.6 Å². The number of phosphoric acid groups is 2. The second-order valence-corrected chi connectivity index (χ2v) is 21.0. The van der Waals surface area contributed by atoms with Crippen LogP contribution in [0.1, 0.15) is 123 Å². The number of aliphatic hydroxyl groups is 3. The molecular weight excluding hydrogens is 1020 g/mol. The number of ether oxygens (including phenoxy) is 3. The van der Waals surface area contributed by atoms with Crippen molar-refractivity contribution in [2.24, 2.45) is 11.8 Å². The molecule has 22 heteroatoms. The van der Waals surface area contributed by atoms with Gasteiger partial charge in [-0.15, -0.1) is 0 Å². The van der Waals surface area contributed by atoms with Crippen LogP contribution >= 0.6 is 15.6 Å². The molecule has 0 aromatic carbocycles. The minimum Gasteiger partial charge on any atom is -0.462 e. The largest absolute Gasteiger partial charge is 0.481 e. The first kappa shape index (κ1) is 65.3. The van der Waals surface area contributed by atoms with Crippen LogP contribution in [0, 0.1) is 11.8 Å². The number of unbranched alkanes of at least 4 members (excludes halogenated alkanes) is 2. The molecule has 10 atom stereocenters. The smallest absolute Gasteiger partial charge is 0.462 e. The van der Waals surface area contributed by atoms with Crippen molar-refractivity contribution in [3.63, 3.8) is 0 Å². The van der Waals surface area contributed by atoms with E-state index < -0.39 is 107 Å². The van der Waals surface area contributed by atoms with Gasteiger partial charge in [-0.05, 0) is 82.8 Å². The summed E-state index contributed by atoms with van der Waals surface area (Å²) in [6.45, 7) is 1.37. The molecule has 0 fully saturated rings. The summed E-state index contributed by atoms with van der Waals surface area (Å²) >= 11 is 0. The van der Waals surface area contributed by atoms with Crippen molar-refractivity contribution < 1.29 is 76.2 Å². The SMILES string of the molecule is CC/C=C\C/C=C\C/C=C\C/C=C\C/C=C\C/C=C\CCC(=O)OC[C@@H]1COP(=O)(O)OP(=O)(O)OC[C@H]2O[C@@H](n3ccc(N)nc3=O)[C@H](C=CC(=O)[C@H](/C=C/[C@@H](O)CCCCC)[C@H](O)[C@@H]2O)CC=CCCCC(=O)O1. The van der Waals surface area contributed by atoms with E-state index in [1.54, 1.807) is 12.2 Å². The second-order valence-electron chi connectivity index (χ2n) is 17.9. The van der Waals surface area contributed by atoms with Gasteiger partial charge in [0.2, 0.25) is 0 Å². The van der Waals surface area contributed by atoms with Crippen LogP contribution in [0.25, 0.3) is 0 Å². The van der Waals surface area contributed by atoms with Gasteiger partial charge in [0.15, 0.2) is 11.9 Å². The fourth-order valence-electron chi connectivity index (χ4n) is 7.48. The highest BCUT2D eigenvalue weighted by atomic mass is 31.3. The Morgan fingerprint density at radius 1 is 0.868 bits per heavy atom. The minimum atomic E-state index is -5.69. The monoisotopic (exact) mass is 1100 g/mol. The van der Waals surface area contributed by atoms with E-state index in [1.807, 2.05) is 31.2 Å². The number of aromatic nitrogens is 2. The predicted octanol–water partition coefficient (Wildman–Crippen LogP) is 8.61. The van der Waals surface area contributed by atoms with Crippen molar-refractivity contribution >= 4 is 39.2 Å². The number of hydrogen-bond acceptors (Lipinski definition) is 17. The summed E-state index contributed by atoms with van der Waals surface area (Å²) in [4.78, 5) is 77.8. The number of rotatable bonds is 23. The fourth-order valence-corrected chi connectivity index (χ4v) is 9.59. The fraction of sp³-hybridized carbons (Fsp3) is 0.537. The zero-order valence-corrected chi connectivity index (χ0v) is 45.4. The molecule has 2 aliphatic rings. The van der Waals surface area contributed by atoms with Gasteiger partial charge in [0.1, 0.15) is 30.9 Å². The highest BCUT2D eigenvalue weighted by Crippen LogP contribution is 2.60. The number of anilines is 1. The summed E-state index contributed by atoms with van der Waals surface area (Å²) in [5.41, 5.74) is 4.82. The van der Waals surface area contributed by atoms with Crippen molar-refractivity contribution in [1.82, 2.24) is 9.55 Å². The Balaban J connectivity index is 1.73. The zero-order chi connectivity index (χ0) is 55.6. The molecule has 7 N–H and O–H groups in total. The average molecular weight is 1100 g/mol. The number of allylic oxidation sites excluding steroid dienone is 15. The standard InChI is InChI=1S/C54H79N3O17P2/c1-3-5-7-8-9-10-11-12-13-14-15-16-17-18-19-20-21-22-27-31-49(60)69-39-44-40-70-75(65,66)74-76(67,68)71-41-47-52(63)51(62)45(35-34-43(58)30-25-6-4-2)46(59)36-33-42(29-26-23-24-28-32-50(61)72-44)53(73-47)57-38-37-48(55)56-54(57)64/h5,7,9-10,12-13,15-16,18-19,21-23,26,33-38,42-45,47,51-53,58,62-63H,3-4,6,8,11,14,17,20,24-25,27-32,39-41H2,1-2H3,(H,65,66)(H,67,68)(H2,55,56,64)/b7-5-,10-9-,13-12-,16-15-,19-18-,22-21-,26-23?,35-34+,36-33?/t42-,43-,44+,45-,47+,51-,52+,53+/m0/s1. The van der Waals surface area contributed by atoms with Crippen LogP contribution in [0.15, 0.2) is 126 Å². The van der Waals surface area contributed by atoms with Crippen molar-refractivity contribution in [2.45, 2.75) is 153 Å². The van der Waals surface area contributed by atoms with Gasteiger partial charge in [-0.3, -0.25) is 28.0 Å². The van der Waals surface area contributed by atoms with Gasteiger partial charge in [0.25, 0.3) is 0 Å². The number of hydrogen-bond donors (Lipinski definition) is 6. The Bertz CT molecular complexity index is 2360. The lowest BCUT2D eigenvalue weighted by atomic mass is 9.88. The summed E-state index contributed by atoms with van der Waals surface area (Å²) in [5, 5.41) is 33.8. The predicted molar refractivity (Wildman–Crippen MR) is 288 cm³/mol. The molecule has 76 heavy (non-hydrogen) atoms. The Morgan fingerprint density at radius 2 is 1.49 bits per heavy atom. The highest BCUT2D eigenvalue weighted by Gasteiger charge is 2.42. The van der Waals surface area contributed by atoms with Crippen molar-refractivity contribution in [1.29, 1.82) is 0 Å². The first-order valence-corrected chi connectivity index (χ1v) is 28.9. The number of esters is 2. The number of aliphatic hydroxyl groups excluding tert-OH is 3. The number of phosphoric ester groups is 2. The number of nitrogens with two attached hydrogens (primary N) is 1. The minimum absolute atomic E-state index is 0.0404. The van der Waals surface area contributed by atoms with Crippen LogP contribution in [-0.4, -0.2) is 103 Å². The Hall–Kier alpha value is -4.95. The molecule has 2 unspecified atom stereocenters. The van der Waals surface area contributed by atoms with Crippen molar-refractivity contribution in [3.8, 4) is 0 Å². The highest BCUT2D eigenvalue weighted by molar-refractivity contribution is 7.61. The van der Waals surface area contributed by atoms with Gasteiger partial charge in [0.05, 0.1) is 31.3 Å². The lowest BCUT2D eigenvalue weighted by molar-refractivity contribution is -0.167. The number of nitrogens with zero attached hydrogens (tertiary/aromatic N) is 2. The molecule has 422 valence electrons. The maximum Gasteiger partial charge on any atom is 0.481 e. The van der Waals surface area contributed by atoms with Crippen LogP contribution in [0.2, 0.25) is 0 Å². The number of carbonyl (C=O) groups is 3. The number of fused-ring (bicyclic) bond motifs is 3. The van der Waals surface area contributed by atoms with Gasteiger partial charge in [0, 0.05) is 25.0 Å². The van der Waals surface area contributed by atoms with Crippen LogP contribution in [0.5, 0.6) is 0 Å². The van der Waals surface area contributed by atoms with Crippen LogP contribution in [0.4, 0.5) is 5.82 Å². The van der Waals surface area contributed by atoms with Gasteiger partial charge in [-0.25, -0.2) is 13.9 Å². The molecule has 0 aliphatic carbocycles. The first-order valence-electron chi connectivity index (χ1n) is 26.0. The first-order chi connectivity index (χ1) is 36.4. The molecule has 0 saturated carbocycles. The summed E-state index contributed by atoms with van der Waals surface area (Å²) in [5.74, 6) is -4.80. The third-order valence-corrected chi connectivity index (χ3v) is 14.2. The van der Waals surface area contributed by atoms with Crippen molar-refractivity contribution in [3.05, 3.63) is 132 Å². The lowest BCUT2D eigenvalue weighted by Gasteiger charge is -2.36. The van der Waals surface area contributed by atoms with Gasteiger partial charge in [-0.2, -0.15) is 9.29 Å². The Morgan fingerprint density at radius 3 is 2.11 bits per heavy atom. The molecule has 0 amide bonds. The quantitative estimate of drug-likeness (QED) is 0.0258. The third-order valence-electron chi connectivity index (χ3n) is 11.6. The maximum absolute atomic E-state index is 13.8. The van der Waals surface area contributed by atoms with E-state index >= 15 is 0 Å². The summed E-state index contributed by atoms with van der Waals surface area (Å²) in [6.07, 6.45) is 33.2. The van der Waals surface area contributed by atoms with E-state index in [9.17, 15) is 53.4 Å². The molecule has 2 bridgehead atoms. The topological polar surface area (TPSA) is 303 Å². The number of carbonyl (C=O) groups excluding carboxylic acids is 3. The normalized spacial score (nSPS) is 27.7. The molecule has 0 spiro atoms. The molecule has 20 nitrogen and oxygen atoms in total. The number of cyclic esters (lactones) is 1. The van der Waals surface area contributed by atoms with E-state index in [0.29, 0.717) is 32.1 Å². The van der Waals surface area contributed by atoms with Crippen LogP contribution in [-0.2, 0) is 51.1 Å². The van der Waals surface area contributed by atoms with E-state index in [-0.39, 0.29) is 31.5 Å². The van der Waals surface area contributed by atoms with E-state index in [4.69, 9.17) is 29.0 Å². The third kappa shape index (κ3) is 27.4. The van der Waals surface area contributed by atoms with E-state index in [2.05, 4.69) is 64.8 Å². The summed E-state index contributed by atoms with van der Waals surface area (Å²) in [6, 6.07) is 1.27. The molecule has 1 aromatic rings. The molecule has 3 heterocycles.